The minimum atomic E-state index is -0.558. The summed E-state index contributed by atoms with van der Waals surface area (Å²) < 4.78 is 12.1. The molecule has 0 atom stereocenters. The van der Waals surface area contributed by atoms with E-state index < -0.39 is 18.3 Å². The molecule has 2 aromatic carbocycles. The highest BCUT2D eigenvalue weighted by Gasteiger charge is 2.52. The first-order chi connectivity index (χ1) is 12.3. The molecule has 132 valence electrons. The van der Waals surface area contributed by atoms with Crippen molar-refractivity contribution in [3.05, 3.63) is 59.4 Å². The van der Waals surface area contributed by atoms with Gasteiger partial charge in [-0.1, -0.05) is 42.1 Å². The Morgan fingerprint density at radius 2 is 1.58 bits per heavy atom. The van der Waals surface area contributed by atoms with Gasteiger partial charge in [0.05, 0.1) is 17.8 Å². The Balaban J connectivity index is 1.84. The predicted molar refractivity (Wildman–Crippen MR) is 104 cm³/mol. The molecular weight excluding hydrogens is 345 g/mol. The maximum absolute atomic E-state index is 11.6. The lowest BCUT2D eigenvalue weighted by molar-refractivity contribution is 0.00578. The van der Waals surface area contributed by atoms with E-state index >= 15 is 0 Å². The highest BCUT2D eigenvalue weighted by atomic mass is 32.2. The third-order valence-corrected chi connectivity index (χ3v) is 5.89. The second-order valence-corrected chi connectivity index (χ2v) is 8.35. The van der Waals surface area contributed by atoms with E-state index in [0.29, 0.717) is 11.3 Å². The molecule has 4 nitrogen and oxygen atoms in total. The highest BCUT2D eigenvalue weighted by molar-refractivity contribution is 7.99. The molecule has 1 heterocycles. The fourth-order valence-electron chi connectivity index (χ4n) is 2.63. The second-order valence-electron chi connectivity index (χ2n) is 7.20. The number of hydrogen-bond acceptors (Lipinski definition) is 4. The smallest absolute Gasteiger partial charge is 0.399 e. The van der Waals surface area contributed by atoms with Crippen molar-refractivity contribution in [1.82, 2.24) is 0 Å². The normalized spacial score (nSPS) is 17.7. The molecule has 1 saturated heterocycles. The van der Waals surface area contributed by atoms with E-state index in [1.165, 1.54) is 0 Å². The van der Waals surface area contributed by atoms with Crippen LogP contribution in [0.2, 0.25) is 0 Å². The van der Waals surface area contributed by atoms with Crippen molar-refractivity contribution >= 4 is 36.3 Å². The summed E-state index contributed by atoms with van der Waals surface area (Å²) in [5.74, 6) is 0. The summed E-state index contributed by atoms with van der Waals surface area (Å²) in [6.45, 7) is 15.0. The third kappa shape index (κ3) is 3.56. The van der Waals surface area contributed by atoms with Crippen LogP contribution in [-0.2, 0) is 9.31 Å². The number of carbonyl (C=O) groups excluding carboxylic acids is 1. The zero-order chi connectivity index (χ0) is 18.9. The number of hydrogen-bond donors (Lipinski definition) is 0. The van der Waals surface area contributed by atoms with Crippen LogP contribution in [0.4, 0.5) is 5.69 Å². The van der Waals surface area contributed by atoms with Gasteiger partial charge in [0.1, 0.15) is 6.29 Å². The fraction of sp³-hybridized carbons (Fsp3) is 0.300. The second kappa shape index (κ2) is 6.92. The number of aldehydes is 1. The molecule has 0 saturated carbocycles. The van der Waals surface area contributed by atoms with Crippen molar-refractivity contribution in [3.8, 4) is 0 Å². The van der Waals surface area contributed by atoms with E-state index in [9.17, 15) is 4.79 Å². The highest BCUT2D eigenvalue weighted by Crippen LogP contribution is 2.37. The van der Waals surface area contributed by atoms with Crippen LogP contribution in [0, 0.1) is 6.57 Å². The zero-order valence-electron chi connectivity index (χ0n) is 15.3. The minimum absolute atomic E-state index is 0.449. The summed E-state index contributed by atoms with van der Waals surface area (Å²) in [7, 11) is -0.558. The molecule has 1 aliphatic heterocycles. The quantitative estimate of drug-likeness (QED) is 0.454. The molecule has 0 spiro atoms. The van der Waals surface area contributed by atoms with E-state index in [1.807, 2.05) is 58.0 Å². The average Bonchev–Trinajstić information content (AvgIpc) is 2.83. The van der Waals surface area contributed by atoms with Crippen molar-refractivity contribution in [2.45, 2.75) is 48.7 Å². The molecule has 1 aliphatic rings. The molecule has 2 aromatic rings. The minimum Gasteiger partial charge on any atom is -0.399 e. The summed E-state index contributed by atoms with van der Waals surface area (Å²) in [5, 5.41) is 0. The summed E-state index contributed by atoms with van der Waals surface area (Å²) >= 11 is 1.54. The van der Waals surface area contributed by atoms with Crippen LogP contribution >= 0.6 is 11.8 Å². The molecule has 0 aromatic heterocycles. The number of carbonyl (C=O) groups is 1. The molecule has 1 fully saturated rings. The van der Waals surface area contributed by atoms with Crippen molar-refractivity contribution in [2.24, 2.45) is 0 Å². The number of benzene rings is 2. The predicted octanol–water partition coefficient (Wildman–Crippen LogP) is 4.50. The Bertz CT molecular complexity index is 856. The van der Waals surface area contributed by atoms with Crippen LogP contribution in [0.1, 0.15) is 38.1 Å². The Morgan fingerprint density at radius 3 is 2.12 bits per heavy atom. The van der Waals surface area contributed by atoms with Crippen molar-refractivity contribution in [1.29, 1.82) is 0 Å². The first-order valence-corrected chi connectivity index (χ1v) is 9.17. The van der Waals surface area contributed by atoms with E-state index in [0.717, 1.165) is 21.5 Å². The lowest BCUT2D eigenvalue weighted by atomic mass is 9.76. The molecule has 0 unspecified atom stereocenters. The van der Waals surface area contributed by atoms with Gasteiger partial charge in [-0.15, -0.1) is 0 Å². The Morgan fingerprint density at radius 1 is 1.00 bits per heavy atom. The van der Waals surface area contributed by atoms with Crippen LogP contribution < -0.4 is 5.46 Å². The third-order valence-electron chi connectivity index (χ3n) is 4.89. The van der Waals surface area contributed by atoms with Gasteiger partial charge in [-0.25, -0.2) is 4.85 Å². The molecule has 6 heteroatoms. The van der Waals surface area contributed by atoms with Crippen LogP contribution in [-0.4, -0.2) is 24.6 Å². The van der Waals surface area contributed by atoms with Gasteiger partial charge in [0, 0.05) is 15.4 Å². The monoisotopic (exact) mass is 365 g/mol. The number of rotatable bonds is 4. The average molecular weight is 365 g/mol. The summed E-state index contributed by atoms with van der Waals surface area (Å²) in [6, 6.07) is 13.1. The summed E-state index contributed by atoms with van der Waals surface area (Å²) in [6.07, 6.45) is 0.840. The van der Waals surface area contributed by atoms with Crippen molar-refractivity contribution < 1.29 is 14.1 Å². The zero-order valence-corrected chi connectivity index (χ0v) is 16.1. The summed E-state index contributed by atoms with van der Waals surface area (Å²) in [5.41, 5.74) is 1.02. The molecule has 0 aliphatic carbocycles. The molecular formula is C20H20BNO3S. The van der Waals surface area contributed by atoms with Gasteiger partial charge in [0.2, 0.25) is 0 Å². The molecule has 26 heavy (non-hydrogen) atoms. The molecule has 0 bridgehead atoms. The van der Waals surface area contributed by atoms with Crippen molar-refractivity contribution in [2.75, 3.05) is 0 Å². The van der Waals surface area contributed by atoms with Crippen molar-refractivity contribution in [3.63, 3.8) is 0 Å². The van der Waals surface area contributed by atoms with E-state index in [2.05, 4.69) is 4.85 Å². The topological polar surface area (TPSA) is 39.9 Å². The first-order valence-electron chi connectivity index (χ1n) is 8.36. The van der Waals surface area contributed by atoms with Gasteiger partial charge in [0.15, 0.2) is 5.69 Å². The fourth-order valence-corrected chi connectivity index (χ4v) is 3.49. The lowest BCUT2D eigenvalue weighted by Gasteiger charge is -2.32. The SMILES string of the molecule is [C-]#[N+]c1ccc(Sc2ccc(B3OC(C)(C)C(C)(C)O3)c(C=O)c2)cc1. The Hall–Kier alpha value is -2.07. The Kier molecular flexibility index (Phi) is 4.98. The van der Waals surface area contributed by atoms with Crippen LogP contribution in [0.3, 0.4) is 0 Å². The van der Waals surface area contributed by atoms with Crippen LogP contribution in [0.5, 0.6) is 0 Å². The van der Waals surface area contributed by atoms with Crippen LogP contribution in [0.25, 0.3) is 4.85 Å². The summed E-state index contributed by atoms with van der Waals surface area (Å²) in [4.78, 5) is 17.0. The molecule has 0 radical (unpaired) electrons. The van der Waals surface area contributed by atoms with Gasteiger partial charge in [0.25, 0.3) is 0 Å². The van der Waals surface area contributed by atoms with Gasteiger partial charge >= 0.3 is 7.12 Å². The van der Waals surface area contributed by atoms with E-state index in [4.69, 9.17) is 15.9 Å². The molecule has 3 rings (SSSR count). The molecule has 0 N–H and O–H groups in total. The largest absolute Gasteiger partial charge is 0.495 e. The lowest BCUT2D eigenvalue weighted by Crippen LogP contribution is -2.41. The maximum Gasteiger partial charge on any atom is 0.495 e. The van der Waals surface area contributed by atoms with Gasteiger partial charge in [-0.2, -0.15) is 0 Å². The molecule has 0 amide bonds. The van der Waals surface area contributed by atoms with Gasteiger partial charge in [-0.3, -0.25) is 4.79 Å². The van der Waals surface area contributed by atoms with E-state index in [1.54, 1.807) is 23.9 Å². The Labute approximate surface area is 158 Å². The standard InChI is InChI=1S/C20H20BNO3S/c1-19(2)20(3,4)25-21(24-19)18-11-10-17(12-14(18)13-23)26-16-8-6-15(22-5)7-9-16/h6-13H,1-4H3. The van der Waals surface area contributed by atoms with Gasteiger partial charge < -0.3 is 9.31 Å². The van der Waals surface area contributed by atoms with Crippen LogP contribution in [0.15, 0.2) is 52.3 Å². The van der Waals surface area contributed by atoms with Gasteiger partial charge in [-0.05, 0) is 45.3 Å². The number of nitrogens with zero attached hydrogens (tertiary/aromatic N) is 1. The maximum atomic E-state index is 11.6. The first kappa shape index (κ1) is 18.7. The van der Waals surface area contributed by atoms with E-state index in [-0.39, 0.29) is 0 Å².